The minimum absolute atomic E-state index is 0. The summed E-state index contributed by atoms with van der Waals surface area (Å²) in [5.74, 6) is -0.324. The van der Waals surface area contributed by atoms with Crippen LogP contribution in [0.2, 0.25) is 0 Å². The molecule has 0 unspecified atom stereocenters. The topological polar surface area (TPSA) is 95.1 Å². The van der Waals surface area contributed by atoms with Crippen molar-refractivity contribution in [2.24, 2.45) is 17.8 Å². The second-order valence-electron chi connectivity index (χ2n) is 6.47. The molecule has 112 valence electrons. The molecule has 1 heterocycles. The van der Waals surface area contributed by atoms with Crippen LogP contribution in [0.3, 0.4) is 0 Å². The molecule has 1 saturated heterocycles. The molecule has 2 aliphatic carbocycles. The van der Waals surface area contributed by atoms with Crippen molar-refractivity contribution in [2.75, 3.05) is 0 Å². The van der Waals surface area contributed by atoms with Crippen LogP contribution in [-0.2, 0) is 14.3 Å². The van der Waals surface area contributed by atoms with Crippen molar-refractivity contribution in [2.45, 2.75) is 51.7 Å². The molecule has 3 aliphatic rings. The number of rotatable bonds is 0. The lowest BCUT2D eigenvalue weighted by atomic mass is 9.81. The summed E-state index contributed by atoms with van der Waals surface area (Å²) in [6.07, 6.45) is 1.44. The molecule has 0 aromatic carbocycles. The summed E-state index contributed by atoms with van der Waals surface area (Å²) in [7, 11) is 0. The molecular weight excluding hydrogens is 260 g/mol. The Morgan fingerprint density at radius 2 is 2.00 bits per heavy atom. The molecule has 0 amide bonds. The highest BCUT2D eigenvalue weighted by molar-refractivity contribution is 5.99. The van der Waals surface area contributed by atoms with Gasteiger partial charge >= 0.3 is 5.97 Å². The molecule has 0 spiro atoms. The van der Waals surface area contributed by atoms with Gasteiger partial charge < -0.3 is 15.3 Å². The normalized spacial score (nSPS) is 43.6. The van der Waals surface area contributed by atoms with Crippen molar-refractivity contribution in [3.8, 4) is 0 Å². The van der Waals surface area contributed by atoms with Crippen LogP contribution in [0, 0.1) is 17.8 Å². The quantitative estimate of drug-likeness (QED) is 0.664. The largest absolute Gasteiger partial charge is 0.457 e. The third kappa shape index (κ3) is 1.91. The lowest BCUT2D eigenvalue weighted by Crippen LogP contribution is -2.35. The van der Waals surface area contributed by atoms with Gasteiger partial charge in [0.05, 0.1) is 11.5 Å². The van der Waals surface area contributed by atoms with E-state index in [-0.39, 0.29) is 41.1 Å². The predicted molar refractivity (Wildman–Crippen MR) is 71.8 cm³/mol. The van der Waals surface area contributed by atoms with Crippen LogP contribution in [0.25, 0.3) is 0 Å². The van der Waals surface area contributed by atoms with E-state index < -0.39 is 5.60 Å². The summed E-state index contributed by atoms with van der Waals surface area (Å²) in [5, 5.41) is 10.6. The highest BCUT2D eigenvalue weighted by Gasteiger charge is 2.54. The standard InChI is InChI=1S/C15H20O4.H2O/c1-7-9-4-5-15(3,18)10-6-11(16)8(2)12(10)13(9)19-14(7)17;/h7,9-10,13,18H,4-6H2,1-3H3;1H2/t7-,9-,10+,13-,15+;/m0./s1. The maximum Gasteiger partial charge on any atom is 0.309 e. The van der Waals surface area contributed by atoms with E-state index in [1.807, 2.05) is 6.92 Å². The summed E-state index contributed by atoms with van der Waals surface area (Å²) < 4.78 is 5.52. The van der Waals surface area contributed by atoms with Gasteiger partial charge in [0.25, 0.3) is 0 Å². The number of ether oxygens (including phenoxy) is 1. The number of esters is 1. The number of carbonyl (C=O) groups excluding carboxylic acids is 2. The summed E-state index contributed by atoms with van der Waals surface area (Å²) in [6.45, 7) is 5.48. The fourth-order valence-electron chi connectivity index (χ4n) is 3.92. The van der Waals surface area contributed by atoms with E-state index in [0.717, 1.165) is 12.0 Å². The minimum atomic E-state index is -0.876. The molecule has 2 fully saturated rings. The average Bonchev–Trinajstić information content (AvgIpc) is 2.74. The van der Waals surface area contributed by atoms with Gasteiger partial charge in [0.1, 0.15) is 6.10 Å². The SMILES string of the molecule is CC1=C2[C@H]3OC(=O)[C@@H](C)[C@@H]3CC[C@@](C)(O)[C@@H]2CC1=O.O. The molecule has 1 aliphatic heterocycles. The third-order valence-electron chi connectivity index (χ3n) is 5.30. The summed E-state index contributed by atoms with van der Waals surface area (Å²) in [4.78, 5) is 23.8. The number of hydrogen-bond acceptors (Lipinski definition) is 4. The summed E-state index contributed by atoms with van der Waals surface area (Å²) >= 11 is 0. The van der Waals surface area contributed by atoms with Gasteiger partial charge in [-0.05, 0) is 37.8 Å². The van der Waals surface area contributed by atoms with E-state index in [0.29, 0.717) is 18.4 Å². The van der Waals surface area contributed by atoms with Crippen LogP contribution >= 0.6 is 0 Å². The first-order valence-electron chi connectivity index (χ1n) is 6.99. The van der Waals surface area contributed by atoms with Gasteiger partial charge in [-0.3, -0.25) is 9.59 Å². The van der Waals surface area contributed by atoms with Crippen LogP contribution in [0.1, 0.15) is 40.0 Å². The fourth-order valence-corrected chi connectivity index (χ4v) is 3.92. The second kappa shape index (κ2) is 4.67. The van der Waals surface area contributed by atoms with Gasteiger partial charge in [-0.15, -0.1) is 0 Å². The zero-order chi connectivity index (χ0) is 13.9. The molecule has 0 aromatic rings. The smallest absolute Gasteiger partial charge is 0.309 e. The molecular formula is C15H22O5. The zero-order valence-corrected chi connectivity index (χ0v) is 12.1. The van der Waals surface area contributed by atoms with Crippen molar-refractivity contribution in [3.05, 3.63) is 11.1 Å². The molecule has 3 N–H and O–H groups in total. The Hall–Kier alpha value is -1.20. The van der Waals surface area contributed by atoms with Crippen LogP contribution in [0.15, 0.2) is 11.1 Å². The third-order valence-corrected chi connectivity index (χ3v) is 5.30. The number of fused-ring (bicyclic) bond motifs is 3. The molecule has 3 rings (SSSR count). The Bertz CT molecular complexity index is 490. The highest BCUT2D eigenvalue weighted by atomic mass is 16.6. The first kappa shape index (κ1) is 15.2. The lowest BCUT2D eigenvalue weighted by molar-refractivity contribution is -0.143. The van der Waals surface area contributed by atoms with E-state index in [9.17, 15) is 14.7 Å². The van der Waals surface area contributed by atoms with Gasteiger partial charge in [-0.2, -0.15) is 0 Å². The van der Waals surface area contributed by atoms with Crippen molar-refractivity contribution in [1.82, 2.24) is 0 Å². The van der Waals surface area contributed by atoms with E-state index in [2.05, 4.69) is 0 Å². The Kier molecular flexibility index (Phi) is 3.55. The van der Waals surface area contributed by atoms with E-state index in [4.69, 9.17) is 4.74 Å². The molecule has 5 nitrogen and oxygen atoms in total. The van der Waals surface area contributed by atoms with Gasteiger partial charge in [0.2, 0.25) is 0 Å². The highest BCUT2D eigenvalue weighted by Crippen LogP contribution is 2.50. The number of aliphatic hydroxyl groups is 1. The number of Topliss-reactive ketones (excluding diaryl/α,β-unsaturated/α-hetero) is 1. The Balaban J connectivity index is 0.00000147. The molecule has 1 saturated carbocycles. The fraction of sp³-hybridized carbons (Fsp3) is 0.733. The molecule has 0 aromatic heterocycles. The molecule has 0 radical (unpaired) electrons. The Morgan fingerprint density at radius 1 is 1.35 bits per heavy atom. The number of carbonyl (C=O) groups is 2. The molecule has 5 heteroatoms. The second-order valence-corrected chi connectivity index (χ2v) is 6.47. The lowest BCUT2D eigenvalue weighted by Gasteiger charge is -2.30. The van der Waals surface area contributed by atoms with Crippen LogP contribution in [-0.4, -0.2) is 34.0 Å². The summed E-state index contributed by atoms with van der Waals surface area (Å²) in [5.41, 5.74) is 0.707. The maximum atomic E-state index is 12.0. The molecule has 5 atom stereocenters. The number of hydrogen-bond donors (Lipinski definition) is 1. The first-order chi connectivity index (χ1) is 8.83. The van der Waals surface area contributed by atoms with Crippen LogP contribution in [0.4, 0.5) is 0 Å². The van der Waals surface area contributed by atoms with Gasteiger partial charge in [0, 0.05) is 18.3 Å². The van der Waals surface area contributed by atoms with Crippen molar-refractivity contribution < 1.29 is 24.9 Å². The molecule has 0 bridgehead atoms. The van der Waals surface area contributed by atoms with E-state index in [1.54, 1.807) is 13.8 Å². The Morgan fingerprint density at radius 3 is 2.65 bits per heavy atom. The summed E-state index contributed by atoms with van der Waals surface area (Å²) in [6, 6.07) is 0. The molecule has 20 heavy (non-hydrogen) atoms. The average molecular weight is 282 g/mol. The monoisotopic (exact) mass is 282 g/mol. The number of allylic oxidation sites excluding steroid dienone is 1. The van der Waals surface area contributed by atoms with E-state index >= 15 is 0 Å². The first-order valence-corrected chi connectivity index (χ1v) is 6.99. The minimum Gasteiger partial charge on any atom is -0.457 e. The van der Waals surface area contributed by atoms with E-state index in [1.165, 1.54) is 0 Å². The number of ketones is 1. The van der Waals surface area contributed by atoms with Crippen LogP contribution in [0.5, 0.6) is 0 Å². The van der Waals surface area contributed by atoms with Gasteiger partial charge in [-0.25, -0.2) is 0 Å². The van der Waals surface area contributed by atoms with Gasteiger partial charge in [-0.1, -0.05) is 6.92 Å². The van der Waals surface area contributed by atoms with Crippen molar-refractivity contribution in [3.63, 3.8) is 0 Å². The van der Waals surface area contributed by atoms with Gasteiger partial charge in [0.15, 0.2) is 5.78 Å². The van der Waals surface area contributed by atoms with Crippen LogP contribution < -0.4 is 0 Å². The zero-order valence-electron chi connectivity index (χ0n) is 12.1. The predicted octanol–water partition coefficient (Wildman–Crippen LogP) is 0.790. The Labute approximate surface area is 118 Å². The van der Waals surface area contributed by atoms with Crippen molar-refractivity contribution >= 4 is 11.8 Å². The van der Waals surface area contributed by atoms with Crippen molar-refractivity contribution in [1.29, 1.82) is 0 Å². The maximum absolute atomic E-state index is 12.0.